The van der Waals surface area contributed by atoms with E-state index in [1.807, 2.05) is 24.3 Å². The Kier molecular flexibility index (Phi) is 5.57. The van der Waals surface area contributed by atoms with Crippen LogP contribution in [0.25, 0.3) is 11.1 Å². The van der Waals surface area contributed by atoms with Crippen LogP contribution in [0.2, 0.25) is 0 Å². The number of hydrogen-bond acceptors (Lipinski definition) is 5. The zero-order valence-corrected chi connectivity index (χ0v) is 19.1. The quantitative estimate of drug-likeness (QED) is 0.402. The van der Waals surface area contributed by atoms with Gasteiger partial charge in [0.15, 0.2) is 5.78 Å². The number of ketones is 1. The molecule has 2 aromatic carbocycles. The number of rotatable bonds is 4. The van der Waals surface area contributed by atoms with E-state index in [1.165, 1.54) is 23.4 Å². The molecule has 1 amide bonds. The van der Waals surface area contributed by atoms with Gasteiger partial charge in [-0.2, -0.15) is 4.39 Å². The summed E-state index contributed by atoms with van der Waals surface area (Å²) in [6, 6.07) is 18.9. The standard InChI is InChI=1S/C28H25FN2O4/c29-27-24(10-5-11-30-27)26(32)17-12-18-14-34-15-19(13-17)31(18)28(33)35-16-25-22-8-3-1-6-20(22)21-7-2-4-9-23(21)25/h1-11,17-19,25H,12-16H2. The van der Waals surface area contributed by atoms with Crippen molar-refractivity contribution in [3.63, 3.8) is 0 Å². The first-order chi connectivity index (χ1) is 17.1. The fourth-order valence-electron chi connectivity index (χ4n) is 5.89. The molecule has 0 N–H and O–H groups in total. The van der Waals surface area contributed by atoms with E-state index >= 15 is 0 Å². The number of hydrogen-bond donors (Lipinski definition) is 0. The van der Waals surface area contributed by atoms with E-state index in [9.17, 15) is 14.0 Å². The first-order valence-electron chi connectivity index (χ1n) is 12.0. The number of Topliss-reactive ketones (excluding diaryl/α,β-unsaturated/α-hetero) is 1. The number of carbonyl (C=O) groups is 2. The van der Waals surface area contributed by atoms with E-state index in [-0.39, 0.29) is 48.0 Å². The maximum Gasteiger partial charge on any atom is 0.410 e. The van der Waals surface area contributed by atoms with Crippen LogP contribution in [0, 0.1) is 11.9 Å². The summed E-state index contributed by atoms with van der Waals surface area (Å²) < 4.78 is 25.7. The van der Waals surface area contributed by atoms with Gasteiger partial charge in [0.25, 0.3) is 0 Å². The number of carbonyl (C=O) groups excluding carboxylic acids is 2. The molecular formula is C28H25FN2O4. The number of nitrogens with zero attached hydrogens (tertiary/aromatic N) is 2. The third kappa shape index (κ3) is 3.80. The minimum atomic E-state index is -0.752. The van der Waals surface area contributed by atoms with Crippen LogP contribution in [-0.4, -0.2) is 53.7 Å². The van der Waals surface area contributed by atoms with E-state index in [1.54, 1.807) is 11.0 Å². The fraction of sp³-hybridized carbons (Fsp3) is 0.321. The molecule has 2 bridgehead atoms. The SMILES string of the molecule is O=C(c1cccnc1F)C1CC2COCC(C1)N2C(=O)OCC1c2ccccc2-c2ccccc21. The van der Waals surface area contributed by atoms with Crippen LogP contribution >= 0.6 is 0 Å². The van der Waals surface area contributed by atoms with E-state index < -0.39 is 5.95 Å². The lowest BCUT2D eigenvalue weighted by Gasteiger charge is -2.47. The minimum Gasteiger partial charge on any atom is -0.448 e. The van der Waals surface area contributed by atoms with Crippen LogP contribution in [0.4, 0.5) is 9.18 Å². The van der Waals surface area contributed by atoms with Crippen molar-refractivity contribution in [2.45, 2.75) is 30.8 Å². The molecule has 1 aliphatic carbocycles. The second-order valence-corrected chi connectivity index (χ2v) is 9.43. The Morgan fingerprint density at radius 1 is 0.943 bits per heavy atom. The molecule has 35 heavy (non-hydrogen) atoms. The summed E-state index contributed by atoms with van der Waals surface area (Å²) in [6.07, 6.45) is 1.76. The van der Waals surface area contributed by atoms with Crippen molar-refractivity contribution in [3.05, 3.63) is 89.5 Å². The van der Waals surface area contributed by atoms with Crippen LogP contribution in [0.15, 0.2) is 66.9 Å². The third-order valence-corrected chi connectivity index (χ3v) is 7.46. The lowest BCUT2D eigenvalue weighted by atomic mass is 9.81. The topological polar surface area (TPSA) is 68.7 Å². The molecule has 1 aromatic heterocycles. The molecule has 2 fully saturated rings. The second-order valence-electron chi connectivity index (χ2n) is 9.43. The van der Waals surface area contributed by atoms with Gasteiger partial charge in [0, 0.05) is 18.0 Å². The van der Waals surface area contributed by atoms with Crippen molar-refractivity contribution in [2.75, 3.05) is 19.8 Å². The third-order valence-electron chi connectivity index (χ3n) is 7.46. The average molecular weight is 473 g/mol. The molecule has 0 saturated carbocycles. The molecule has 2 atom stereocenters. The number of aromatic nitrogens is 1. The van der Waals surface area contributed by atoms with Gasteiger partial charge in [-0.1, -0.05) is 48.5 Å². The summed E-state index contributed by atoms with van der Waals surface area (Å²) in [5.74, 6) is -1.42. The van der Waals surface area contributed by atoms with E-state index in [2.05, 4.69) is 29.2 Å². The largest absolute Gasteiger partial charge is 0.448 e. The normalized spacial score (nSPS) is 22.9. The highest BCUT2D eigenvalue weighted by atomic mass is 19.1. The Labute approximate surface area is 202 Å². The average Bonchev–Trinajstić information content (AvgIpc) is 3.20. The summed E-state index contributed by atoms with van der Waals surface area (Å²) in [4.78, 5) is 31.6. The van der Waals surface area contributed by atoms with E-state index in [0.717, 1.165) is 11.1 Å². The Balaban J connectivity index is 1.17. The molecule has 2 unspecified atom stereocenters. The number of fused-ring (bicyclic) bond motifs is 5. The number of ether oxygens (including phenoxy) is 2. The van der Waals surface area contributed by atoms with Crippen LogP contribution in [0.1, 0.15) is 40.2 Å². The van der Waals surface area contributed by atoms with E-state index in [0.29, 0.717) is 26.1 Å². The molecular weight excluding hydrogens is 447 g/mol. The van der Waals surface area contributed by atoms with Gasteiger partial charge in [-0.25, -0.2) is 9.78 Å². The van der Waals surface area contributed by atoms with Crippen molar-refractivity contribution in [2.24, 2.45) is 5.92 Å². The summed E-state index contributed by atoms with van der Waals surface area (Å²) in [5.41, 5.74) is 4.68. The number of morpholine rings is 1. The van der Waals surface area contributed by atoms with Crippen molar-refractivity contribution in [3.8, 4) is 11.1 Å². The smallest absolute Gasteiger partial charge is 0.410 e. The van der Waals surface area contributed by atoms with Crippen molar-refractivity contribution >= 4 is 11.9 Å². The lowest BCUT2D eigenvalue weighted by molar-refractivity contribution is -0.0748. The summed E-state index contributed by atoms with van der Waals surface area (Å²) in [7, 11) is 0. The molecule has 0 spiro atoms. The van der Waals surface area contributed by atoms with Crippen molar-refractivity contribution in [1.82, 2.24) is 9.88 Å². The maximum atomic E-state index is 14.1. The maximum absolute atomic E-state index is 14.1. The predicted octanol–water partition coefficient (Wildman–Crippen LogP) is 4.83. The number of benzene rings is 2. The van der Waals surface area contributed by atoms with Crippen LogP contribution in [-0.2, 0) is 9.47 Å². The molecule has 2 aliphatic heterocycles. The van der Waals surface area contributed by atoms with Crippen LogP contribution in [0.3, 0.4) is 0 Å². The van der Waals surface area contributed by atoms with Gasteiger partial charge >= 0.3 is 6.09 Å². The van der Waals surface area contributed by atoms with Crippen LogP contribution in [0.5, 0.6) is 0 Å². The highest BCUT2D eigenvalue weighted by Crippen LogP contribution is 2.44. The van der Waals surface area contributed by atoms with Crippen molar-refractivity contribution in [1.29, 1.82) is 0 Å². The Bertz CT molecular complexity index is 1240. The Hall–Kier alpha value is -3.58. The first kappa shape index (κ1) is 21.9. The molecule has 3 aliphatic rings. The second kappa shape index (κ2) is 8.89. The zero-order valence-electron chi connectivity index (χ0n) is 19.1. The van der Waals surface area contributed by atoms with Gasteiger partial charge < -0.3 is 9.47 Å². The Morgan fingerprint density at radius 3 is 2.20 bits per heavy atom. The molecule has 7 heteroatoms. The lowest BCUT2D eigenvalue weighted by Crippen LogP contribution is -2.60. The van der Waals surface area contributed by atoms with Crippen LogP contribution < -0.4 is 0 Å². The van der Waals surface area contributed by atoms with Gasteiger partial charge in [0.05, 0.1) is 30.9 Å². The summed E-state index contributed by atoms with van der Waals surface area (Å²) in [5, 5.41) is 0. The predicted molar refractivity (Wildman–Crippen MR) is 127 cm³/mol. The highest BCUT2D eigenvalue weighted by molar-refractivity contribution is 5.98. The monoisotopic (exact) mass is 472 g/mol. The fourth-order valence-corrected chi connectivity index (χ4v) is 5.89. The number of amides is 1. The molecule has 3 aromatic rings. The minimum absolute atomic E-state index is 0.00563. The van der Waals surface area contributed by atoms with Gasteiger partial charge in [0.2, 0.25) is 5.95 Å². The van der Waals surface area contributed by atoms with Gasteiger partial charge in [0.1, 0.15) is 6.61 Å². The molecule has 178 valence electrons. The number of piperidine rings is 1. The first-order valence-corrected chi connectivity index (χ1v) is 12.0. The van der Waals surface area contributed by atoms with Gasteiger partial charge in [-0.15, -0.1) is 0 Å². The summed E-state index contributed by atoms with van der Waals surface area (Å²) in [6.45, 7) is 0.910. The molecule has 3 heterocycles. The molecule has 0 radical (unpaired) electrons. The van der Waals surface area contributed by atoms with Gasteiger partial charge in [-0.05, 0) is 47.2 Å². The number of halogens is 1. The summed E-state index contributed by atoms with van der Waals surface area (Å²) >= 11 is 0. The van der Waals surface area contributed by atoms with Gasteiger partial charge in [-0.3, -0.25) is 9.69 Å². The van der Waals surface area contributed by atoms with Crippen molar-refractivity contribution < 1.29 is 23.5 Å². The molecule has 6 nitrogen and oxygen atoms in total. The molecule has 6 rings (SSSR count). The van der Waals surface area contributed by atoms with E-state index in [4.69, 9.17) is 9.47 Å². The molecule has 2 saturated heterocycles. The number of pyridine rings is 1. The zero-order chi connectivity index (χ0) is 23.9. The Morgan fingerprint density at radius 2 is 1.57 bits per heavy atom. The highest BCUT2D eigenvalue weighted by Gasteiger charge is 2.45.